The van der Waals surface area contributed by atoms with Crippen LogP contribution in [0.3, 0.4) is 0 Å². The molecule has 6 N–H and O–H groups in total. The summed E-state index contributed by atoms with van der Waals surface area (Å²) < 4.78 is 5.04. The average Bonchev–Trinajstić information content (AvgIpc) is 2.57. The molecule has 0 radical (unpaired) electrons. The van der Waals surface area contributed by atoms with E-state index in [1.54, 1.807) is 18.2 Å². The smallest absolute Gasteiger partial charge is 0.336 e. The highest BCUT2D eigenvalue weighted by Crippen LogP contribution is 2.19. The van der Waals surface area contributed by atoms with E-state index in [0.717, 1.165) is 0 Å². The molecule has 0 amide bonds. The first kappa shape index (κ1) is 17.4. The lowest BCUT2D eigenvalue weighted by molar-refractivity contribution is -0.0850. The van der Waals surface area contributed by atoms with Gasteiger partial charge in [-0.3, -0.25) is 0 Å². The Labute approximate surface area is 131 Å². The second-order valence-electron chi connectivity index (χ2n) is 5.17. The Morgan fingerprint density at radius 1 is 1.00 bits per heavy atom. The molecule has 2 rings (SSSR count). The number of aliphatic hydroxyl groups excluding tert-OH is 5. The number of fused-ring (bicyclic) bond motifs is 1. The SMILES string of the molecule is O=c1ccc2ccc(N[C@@H](CO)C(O)[C@@H](O)C(O)CO)cc2o1. The predicted molar refractivity (Wildman–Crippen MR) is 82.1 cm³/mol. The minimum atomic E-state index is -1.64. The van der Waals surface area contributed by atoms with Crippen molar-refractivity contribution < 1.29 is 29.9 Å². The van der Waals surface area contributed by atoms with Crippen molar-refractivity contribution in [1.82, 2.24) is 0 Å². The van der Waals surface area contributed by atoms with Gasteiger partial charge in [-0.15, -0.1) is 0 Å². The van der Waals surface area contributed by atoms with Gasteiger partial charge in [0, 0.05) is 23.2 Å². The lowest BCUT2D eigenvalue weighted by atomic mass is 10.0. The molecule has 2 aromatic rings. The molecular formula is C15H19NO7. The van der Waals surface area contributed by atoms with E-state index in [9.17, 15) is 25.2 Å². The van der Waals surface area contributed by atoms with Crippen LogP contribution in [0.5, 0.6) is 0 Å². The Kier molecular flexibility index (Phi) is 5.69. The number of aliphatic hydroxyl groups is 5. The maximum absolute atomic E-state index is 11.2. The molecule has 0 aliphatic rings. The van der Waals surface area contributed by atoms with Crippen LogP contribution < -0.4 is 10.9 Å². The van der Waals surface area contributed by atoms with Crippen LogP contribution in [0.1, 0.15) is 0 Å². The third kappa shape index (κ3) is 4.06. The number of anilines is 1. The van der Waals surface area contributed by atoms with Crippen molar-refractivity contribution in [3.8, 4) is 0 Å². The van der Waals surface area contributed by atoms with Gasteiger partial charge in [0.15, 0.2) is 0 Å². The summed E-state index contributed by atoms with van der Waals surface area (Å²) in [4.78, 5) is 11.2. The van der Waals surface area contributed by atoms with E-state index in [1.165, 1.54) is 12.1 Å². The zero-order valence-electron chi connectivity index (χ0n) is 12.2. The zero-order chi connectivity index (χ0) is 17.0. The summed E-state index contributed by atoms with van der Waals surface area (Å²) in [6.45, 7) is -1.26. The first-order valence-corrected chi connectivity index (χ1v) is 7.02. The molecule has 126 valence electrons. The van der Waals surface area contributed by atoms with Crippen LogP contribution in [0, 0.1) is 0 Å². The summed E-state index contributed by atoms with van der Waals surface area (Å²) >= 11 is 0. The number of nitrogens with one attached hydrogen (secondary N) is 1. The highest BCUT2D eigenvalue weighted by atomic mass is 16.4. The van der Waals surface area contributed by atoms with E-state index in [0.29, 0.717) is 16.7 Å². The topological polar surface area (TPSA) is 143 Å². The first-order chi connectivity index (χ1) is 11.0. The van der Waals surface area contributed by atoms with Crippen LogP contribution in [-0.2, 0) is 0 Å². The molecule has 0 saturated heterocycles. The Morgan fingerprint density at radius 2 is 1.70 bits per heavy atom. The Bertz CT molecular complexity index is 702. The van der Waals surface area contributed by atoms with Crippen molar-refractivity contribution in [2.45, 2.75) is 24.4 Å². The van der Waals surface area contributed by atoms with Crippen LogP contribution in [-0.4, -0.2) is 63.1 Å². The van der Waals surface area contributed by atoms with Gasteiger partial charge < -0.3 is 35.3 Å². The predicted octanol–water partition coefficient (Wildman–Crippen LogP) is -1.36. The van der Waals surface area contributed by atoms with Crippen molar-refractivity contribution in [3.05, 3.63) is 40.8 Å². The molecule has 2 unspecified atom stereocenters. The summed E-state index contributed by atoms with van der Waals surface area (Å²) in [6, 6.07) is 6.74. The number of rotatable bonds is 7. The highest BCUT2D eigenvalue weighted by molar-refractivity contribution is 5.80. The molecule has 8 heteroatoms. The number of benzene rings is 1. The molecule has 0 saturated carbocycles. The highest BCUT2D eigenvalue weighted by Gasteiger charge is 2.30. The van der Waals surface area contributed by atoms with Crippen LogP contribution in [0.15, 0.2) is 39.5 Å². The molecule has 23 heavy (non-hydrogen) atoms. The minimum absolute atomic E-state index is 0.324. The molecule has 0 spiro atoms. The van der Waals surface area contributed by atoms with Gasteiger partial charge in [0.2, 0.25) is 0 Å². The summed E-state index contributed by atoms with van der Waals surface area (Å²) in [6.07, 6.45) is -4.70. The monoisotopic (exact) mass is 325 g/mol. The van der Waals surface area contributed by atoms with Gasteiger partial charge >= 0.3 is 5.63 Å². The third-order valence-corrected chi connectivity index (χ3v) is 3.52. The van der Waals surface area contributed by atoms with E-state index >= 15 is 0 Å². The fourth-order valence-electron chi connectivity index (χ4n) is 2.18. The lowest BCUT2D eigenvalue weighted by Gasteiger charge is -2.29. The van der Waals surface area contributed by atoms with E-state index < -0.39 is 43.2 Å². The quantitative estimate of drug-likeness (QED) is 0.343. The average molecular weight is 325 g/mol. The van der Waals surface area contributed by atoms with Gasteiger partial charge in [0.1, 0.15) is 23.9 Å². The van der Waals surface area contributed by atoms with Gasteiger partial charge in [-0.05, 0) is 18.2 Å². The van der Waals surface area contributed by atoms with Crippen molar-refractivity contribution in [2.24, 2.45) is 0 Å². The second kappa shape index (κ2) is 7.53. The number of hydrogen-bond donors (Lipinski definition) is 6. The van der Waals surface area contributed by atoms with Crippen LogP contribution in [0.25, 0.3) is 11.0 Å². The van der Waals surface area contributed by atoms with Gasteiger partial charge in [0.25, 0.3) is 0 Å². The number of hydrogen-bond acceptors (Lipinski definition) is 8. The molecule has 0 bridgehead atoms. The van der Waals surface area contributed by atoms with Crippen molar-refractivity contribution in [1.29, 1.82) is 0 Å². The van der Waals surface area contributed by atoms with Crippen molar-refractivity contribution in [2.75, 3.05) is 18.5 Å². The summed E-state index contributed by atoms with van der Waals surface area (Å²) in [5, 5.41) is 50.7. The fourth-order valence-corrected chi connectivity index (χ4v) is 2.18. The summed E-state index contributed by atoms with van der Waals surface area (Å²) in [5.74, 6) is 0. The molecular weight excluding hydrogens is 306 g/mol. The summed E-state index contributed by atoms with van der Waals surface area (Å²) in [7, 11) is 0. The van der Waals surface area contributed by atoms with Gasteiger partial charge in [-0.2, -0.15) is 0 Å². The fraction of sp³-hybridized carbons (Fsp3) is 0.400. The van der Waals surface area contributed by atoms with E-state index in [1.807, 2.05) is 0 Å². The molecule has 1 aromatic heterocycles. The molecule has 8 nitrogen and oxygen atoms in total. The van der Waals surface area contributed by atoms with E-state index in [-0.39, 0.29) is 0 Å². The molecule has 0 aliphatic heterocycles. The van der Waals surface area contributed by atoms with E-state index in [2.05, 4.69) is 5.32 Å². The largest absolute Gasteiger partial charge is 0.423 e. The molecule has 0 aliphatic carbocycles. The van der Waals surface area contributed by atoms with Crippen molar-refractivity contribution in [3.63, 3.8) is 0 Å². The van der Waals surface area contributed by atoms with Crippen LogP contribution in [0.4, 0.5) is 5.69 Å². The van der Waals surface area contributed by atoms with E-state index in [4.69, 9.17) is 9.52 Å². The Balaban J connectivity index is 2.19. The molecule has 1 aromatic carbocycles. The minimum Gasteiger partial charge on any atom is -0.423 e. The first-order valence-electron chi connectivity index (χ1n) is 7.02. The summed E-state index contributed by atoms with van der Waals surface area (Å²) in [5.41, 5.74) is 0.259. The Morgan fingerprint density at radius 3 is 2.35 bits per heavy atom. The molecule has 0 fully saturated rings. The lowest BCUT2D eigenvalue weighted by Crippen LogP contribution is -2.50. The normalized spacial score (nSPS) is 16.7. The van der Waals surface area contributed by atoms with Crippen molar-refractivity contribution >= 4 is 16.7 Å². The van der Waals surface area contributed by atoms with Gasteiger partial charge in [-0.1, -0.05) is 0 Å². The van der Waals surface area contributed by atoms with Gasteiger partial charge in [-0.25, -0.2) is 4.79 Å². The maximum Gasteiger partial charge on any atom is 0.336 e. The molecule has 4 atom stereocenters. The van der Waals surface area contributed by atoms with Crippen LogP contribution >= 0.6 is 0 Å². The van der Waals surface area contributed by atoms with Gasteiger partial charge in [0.05, 0.1) is 19.3 Å². The Hall–Kier alpha value is -1.97. The maximum atomic E-state index is 11.2. The standard InChI is InChI=1S/C15H19NO7/c17-6-10(14(21)15(22)11(19)7-18)16-9-3-1-8-2-4-13(20)23-12(8)5-9/h1-5,10-11,14-19,21-22H,6-7H2/t10-,11?,14?,15-/m0/s1. The molecule has 1 heterocycles. The zero-order valence-corrected chi connectivity index (χ0v) is 12.2. The second-order valence-corrected chi connectivity index (χ2v) is 5.17. The van der Waals surface area contributed by atoms with Crippen LogP contribution in [0.2, 0.25) is 0 Å². The third-order valence-electron chi connectivity index (χ3n) is 3.52.